The third-order valence-corrected chi connectivity index (χ3v) is 6.13. The van der Waals surface area contributed by atoms with Crippen LogP contribution in [0.4, 0.5) is 5.69 Å². The fourth-order valence-corrected chi connectivity index (χ4v) is 4.54. The molecule has 0 spiro atoms. The Hall–Kier alpha value is -4.33. The molecule has 34 heavy (non-hydrogen) atoms. The van der Waals surface area contributed by atoms with E-state index >= 15 is 0 Å². The molecule has 0 bridgehead atoms. The minimum absolute atomic E-state index is 0.184. The van der Waals surface area contributed by atoms with Gasteiger partial charge in [0.1, 0.15) is 12.7 Å². The number of ether oxygens (including phenoxy) is 2. The molecule has 2 aliphatic heterocycles. The summed E-state index contributed by atoms with van der Waals surface area (Å²) in [7, 11) is 3.11. The maximum atomic E-state index is 13.4. The van der Waals surface area contributed by atoms with Gasteiger partial charge in [0.05, 0.1) is 25.5 Å². The van der Waals surface area contributed by atoms with Crippen molar-refractivity contribution >= 4 is 23.4 Å². The molecule has 0 fully saturated rings. The zero-order valence-electron chi connectivity index (χ0n) is 18.8. The fourth-order valence-electron chi connectivity index (χ4n) is 4.54. The minimum Gasteiger partial charge on any atom is -0.493 e. The summed E-state index contributed by atoms with van der Waals surface area (Å²) in [6, 6.07) is 19.6. The minimum atomic E-state index is -0.669. The Morgan fingerprint density at radius 1 is 0.882 bits per heavy atom. The van der Waals surface area contributed by atoms with Crippen LogP contribution < -0.4 is 19.7 Å². The third-order valence-electron chi connectivity index (χ3n) is 6.13. The zero-order valence-corrected chi connectivity index (χ0v) is 18.8. The van der Waals surface area contributed by atoms with Gasteiger partial charge in [0.15, 0.2) is 11.5 Å². The molecule has 3 amide bonds. The summed E-state index contributed by atoms with van der Waals surface area (Å²) in [6.07, 6.45) is -0.669. The van der Waals surface area contributed by atoms with Gasteiger partial charge in [-0.15, -0.1) is 0 Å². The number of methoxy groups -OCH3 is 2. The Labute approximate surface area is 196 Å². The second-order valence-corrected chi connectivity index (χ2v) is 8.05. The predicted molar refractivity (Wildman–Crippen MR) is 125 cm³/mol. The number of benzene rings is 3. The highest BCUT2D eigenvalue weighted by molar-refractivity contribution is 6.17. The van der Waals surface area contributed by atoms with Crippen LogP contribution in [-0.4, -0.2) is 43.4 Å². The lowest BCUT2D eigenvalue weighted by molar-refractivity contribution is -0.122. The first-order chi connectivity index (χ1) is 16.5. The first-order valence-electron chi connectivity index (χ1n) is 10.8. The van der Waals surface area contributed by atoms with Crippen molar-refractivity contribution in [2.24, 2.45) is 0 Å². The van der Waals surface area contributed by atoms with Gasteiger partial charge in [-0.1, -0.05) is 36.4 Å². The van der Waals surface area contributed by atoms with Gasteiger partial charge in [-0.05, 0) is 35.9 Å². The lowest BCUT2D eigenvalue weighted by Gasteiger charge is -2.40. The summed E-state index contributed by atoms with van der Waals surface area (Å²) < 4.78 is 10.6. The van der Waals surface area contributed by atoms with Crippen molar-refractivity contribution in [3.63, 3.8) is 0 Å². The molecule has 3 aromatic carbocycles. The second-order valence-electron chi connectivity index (χ2n) is 8.05. The van der Waals surface area contributed by atoms with Crippen molar-refractivity contribution in [1.82, 2.24) is 10.2 Å². The number of rotatable bonds is 6. The number of anilines is 1. The molecule has 8 heteroatoms. The number of nitrogens with zero attached hydrogens (tertiary/aromatic N) is 2. The summed E-state index contributed by atoms with van der Waals surface area (Å²) in [6.45, 7) is 0.0605. The summed E-state index contributed by atoms with van der Waals surface area (Å²) in [5, 5.41) is 2.86. The molecule has 8 nitrogen and oxygen atoms in total. The summed E-state index contributed by atoms with van der Waals surface area (Å²) in [4.78, 5) is 42.6. The van der Waals surface area contributed by atoms with Gasteiger partial charge >= 0.3 is 0 Å². The number of hydrogen-bond acceptors (Lipinski definition) is 5. The van der Waals surface area contributed by atoms with Crippen molar-refractivity contribution in [2.45, 2.75) is 12.7 Å². The molecule has 0 saturated carbocycles. The molecule has 0 aromatic heterocycles. The van der Waals surface area contributed by atoms with Crippen molar-refractivity contribution in [2.75, 3.05) is 25.7 Å². The maximum absolute atomic E-state index is 13.4. The Morgan fingerprint density at radius 2 is 1.59 bits per heavy atom. The number of hydrogen-bond donors (Lipinski definition) is 1. The van der Waals surface area contributed by atoms with E-state index < -0.39 is 6.17 Å². The van der Waals surface area contributed by atoms with Crippen LogP contribution in [0.15, 0.2) is 66.7 Å². The molecule has 1 atom stereocenters. The van der Waals surface area contributed by atoms with Gasteiger partial charge in [-0.2, -0.15) is 0 Å². The topological polar surface area (TPSA) is 88.2 Å². The normalized spacial score (nSPS) is 16.0. The average molecular weight is 457 g/mol. The van der Waals surface area contributed by atoms with Crippen molar-refractivity contribution < 1.29 is 23.9 Å². The average Bonchev–Trinajstić information content (AvgIpc) is 3.17. The maximum Gasteiger partial charge on any atom is 0.260 e. The first-order valence-corrected chi connectivity index (χ1v) is 10.8. The van der Waals surface area contributed by atoms with E-state index in [1.807, 2.05) is 18.2 Å². The summed E-state index contributed by atoms with van der Waals surface area (Å²) >= 11 is 0. The summed E-state index contributed by atoms with van der Waals surface area (Å²) in [5.74, 6) is 0.354. The highest BCUT2D eigenvalue weighted by atomic mass is 16.5. The lowest BCUT2D eigenvalue weighted by Crippen LogP contribution is -2.51. The molecule has 0 aliphatic carbocycles. The van der Waals surface area contributed by atoms with Crippen LogP contribution in [-0.2, 0) is 11.3 Å². The molecule has 3 aromatic rings. The van der Waals surface area contributed by atoms with E-state index in [0.29, 0.717) is 33.9 Å². The largest absolute Gasteiger partial charge is 0.493 e. The van der Waals surface area contributed by atoms with E-state index in [9.17, 15) is 14.4 Å². The van der Waals surface area contributed by atoms with Crippen LogP contribution >= 0.6 is 0 Å². The van der Waals surface area contributed by atoms with Gasteiger partial charge in [0, 0.05) is 17.7 Å². The van der Waals surface area contributed by atoms with Crippen LogP contribution in [0, 0.1) is 0 Å². The molecule has 0 saturated heterocycles. The molecule has 1 N–H and O–H groups in total. The Bertz CT molecular complexity index is 1310. The van der Waals surface area contributed by atoms with Gasteiger partial charge in [-0.3, -0.25) is 19.3 Å². The van der Waals surface area contributed by atoms with Crippen LogP contribution in [0.5, 0.6) is 11.5 Å². The highest BCUT2D eigenvalue weighted by Gasteiger charge is 2.47. The molecule has 2 aliphatic rings. The van der Waals surface area contributed by atoms with Crippen LogP contribution in [0.25, 0.3) is 0 Å². The van der Waals surface area contributed by atoms with Crippen LogP contribution in [0.2, 0.25) is 0 Å². The van der Waals surface area contributed by atoms with E-state index in [1.54, 1.807) is 67.7 Å². The number of carbonyl (C=O) groups excluding carboxylic acids is 3. The molecule has 0 unspecified atom stereocenters. The van der Waals surface area contributed by atoms with E-state index in [1.165, 1.54) is 4.90 Å². The molecule has 0 radical (unpaired) electrons. The standard InChI is InChI=1S/C26H23N3O5/c1-33-21-12-11-16(13-22(21)34-2)14-27-23(30)15-28-24-17-7-3-4-8-18(17)26(32)29(24)20-10-6-5-9-19(20)25(28)31/h3-13,24H,14-15H2,1-2H3,(H,27,30)/t24-/m1/s1. The Morgan fingerprint density at radius 3 is 2.35 bits per heavy atom. The van der Waals surface area contributed by atoms with Crippen molar-refractivity contribution in [3.8, 4) is 11.5 Å². The van der Waals surface area contributed by atoms with E-state index in [0.717, 1.165) is 5.56 Å². The van der Waals surface area contributed by atoms with Gasteiger partial charge < -0.3 is 19.7 Å². The second kappa shape index (κ2) is 8.55. The third kappa shape index (κ3) is 3.44. The Kier molecular flexibility index (Phi) is 5.41. The van der Waals surface area contributed by atoms with Crippen molar-refractivity contribution in [3.05, 3.63) is 89.0 Å². The molecular weight excluding hydrogens is 434 g/mol. The molecule has 2 heterocycles. The number of nitrogens with one attached hydrogen (secondary N) is 1. The quantitative estimate of drug-likeness (QED) is 0.615. The van der Waals surface area contributed by atoms with E-state index in [-0.39, 0.29) is 30.8 Å². The number of fused-ring (bicyclic) bond motifs is 5. The molecular formula is C26H23N3O5. The van der Waals surface area contributed by atoms with Crippen molar-refractivity contribution in [1.29, 1.82) is 0 Å². The lowest BCUT2D eigenvalue weighted by atomic mass is 10.0. The van der Waals surface area contributed by atoms with Gasteiger partial charge in [0.25, 0.3) is 11.8 Å². The fraction of sp³-hybridized carbons (Fsp3) is 0.192. The van der Waals surface area contributed by atoms with E-state index in [2.05, 4.69) is 5.32 Å². The SMILES string of the molecule is COc1ccc(CNC(=O)CN2C(=O)c3ccccc3N3C(=O)c4ccccc4[C@H]23)cc1OC. The summed E-state index contributed by atoms with van der Waals surface area (Å²) in [5.41, 5.74) is 3.02. The van der Waals surface area contributed by atoms with E-state index in [4.69, 9.17) is 9.47 Å². The van der Waals surface area contributed by atoms with Crippen LogP contribution in [0.1, 0.15) is 38.0 Å². The monoisotopic (exact) mass is 457 g/mol. The Balaban J connectivity index is 1.40. The van der Waals surface area contributed by atoms with Gasteiger partial charge in [-0.25, -0.2) is 0 Å². The number of para-hydroxylation sites is 1. The zero-order chi connectivity index (χ0) is 23.8. The molecule has 172 valence electrons. The predicted octanol–water partition coefficient (Wildman–Crippen LogP) is 3.14. The van der Waals surface area contributed by atoms with Gasteiger partial charge in [0.2, 0.25) is 5.91 Å². The van der Waals surface area contributed by atoms with Crippen LogP contribution in [0.3, 0.4) is 0 Å². The first kappa shape index (κ1) is 21.5. The number of amides is 3. The number of carbonyl (C=O) groups is 3. The smallest absolute Gasteiger partial charge is 0.260 e. The highest BCUT2D eigenvalue weighted by Crippen LogP contribution is 2.44. The molecule has 5 rings (SSSR count).